The molecule has 0 unspecified atom stereocenters. The first-order valence-corrected chi connectivity index (χ1v) is 8.65. The Kier molecular flexibility index (Phi) is 4.73. The van der Waals surface area contributed by atoms with Gasteiger partial charge in [-0.05, 0) is 39.2 Å². The molecular formula is C17H28N4O2. The van der Waals surface area contributed by atoms with Gasteiger partial charge in [0.1, 0.15) is 6.54 Å². The number of carbonyl (C=O) groups excluding carboxylic acids is 1. The van der Waals surface area contributed by atoms with Crippen LogP contribution in [0.3, 0.4) is 0 Å². The van der Waals surface area contributed by atoms with Gasteiger partial charge in [-0.25, -0.2) is 0 Å². The Morgan fingerprint density at radius 2 is 2.17 bits per heavy atom. The molecule has 128 valence electrons. The van der Waals surface area contributed by atoms with E-state index in [1.807, 2.05) is 18.5 Å². The highest BCUT2D eigenvalue weighted by atomic mass is 16.5. The lowest BCUT2D eigenvalue weighted by atomic mass is 10.1. The second-order valence-corrected chi connectivity index (χ2v) is 6.91. The Bertz CT molecular complexity index is 583. The van der Waals surface area contributed by atoms with Crippen molar-refractivity contribution in [2.75, 3.05) is 19.7 Å². The maximum absolute atomic E-state index is 12.4. The second-order valence-electron chi connectivity index (χ2n) is 6.91. The standard InChI is InChI=1S/C17H28N4O2/c1-5-16-12(3)19-21(13(16)4)9-17(22)18-14-6-15-10-23-11(2)7-20(15)8-14/h11,14-15H,5-10H2,1-4H3,(H,18,22)/t11-,14-,15-/m0/s1. The van der Waals surface area contributed by atoms with Crippen LogP contribution in [0.15, 0.2) is 0 Å². The normalized spacial score (nSPS) is 27.9. The highest BCUT2D eigenvalue weighted by Gasteiger charge is 2.36. The first-order chi connectivity index (χ1) is 11.0. The predicted molar refractivity (Wildman–Crippen MR) is 88.4 cm³/mol. The Morgan fingerprint density at radius 3 is 2.87 bits per heavy atom. The molecule has 0 aliphatic carbocycles. The van der Waals surface area contributed by atoms with E-state index in [9.17, 15) is 4.79 Å². The number of fused-ring (bicyclic) bond motifs is 1. The van der Waals surface area contributed by atoms with E-state index in [1.165, 1.54) is 5.56 Å². The van der Waals surface area contributed by atoms with Gasteiger partial charge in [0.2, 0.25) is 5.91 Å². The number of morpholine rings is 1. The fraction of sp³-hybridized carbons (Fsp3) is 0.765. The van der Waals surface area contributed by atoms with E-state index < -0.39 is 0 Å². The average Bonchev–Trinajstić information content (AvgIpc) is 2.99. The highest BCUT2D eigenvalue weighted by Crippen LogP contribution is 2.23. The third kappa shape index (κ3) is 3.43. The number of aromatic nitrogens is 2. The van der Waals surface area contributed by atoms with Crippen LogP contribution >= 0.6 is 0 Å². The maximum atomic E-state index is 12.4. The van der Waals surface area contributed by atoms with Crippen molar-refractivity contribution in [3.63, 3.8) is 0 Å². The van der Waals surface area contributed by atoms with Crippen LogP contribution < -0.4 is 5.32 Å². The van der Waals surface area contributed by atoms with Crippen molar-refractivity contribution < 1.29 is 9.53 Å². The molecule has 1 aromatic heterocycles. The summed E-state index contributed by atoms with van der Waals surface area (Å²) in [5, 5.41) is 7.68. The molecule has 6 heteroatoms. The molecule has 1 N–H and O–H groups in total. The van der Waals surface area contributed by atoms with Gasteiger partial charge in [0.05, 0.1) is 18.4 Å². The minimum atomic E-state index is 0.0528. The lowest BCUT2D eigenvalue weighted by Crippen LogP contribution is -2.45. The van der Waals surface area contributed by atoms with Crippen molar-refractivity contribution in [1.29, 1.82) is 0 Å². The number of aryl methyl sites for hydroxylation is 1. The topological polar surface area (TPSA) is 59.4 Å². The first kappa shape index (κ1) is 16.5. The molecule has 2 aliphatic rings. The Morgan fingerprint density at radius 1 is 1.39 bits per heavy atom. The molecule has 3 atom stereocenters. The summed E-state index contributed by atoms with van der Waals surface area (Å²) in [7, 11) is 0. The number of rotatable bonds is 4. The monoisotopic (exact) mass is 320 g/mol. The molecule has 2 saturated heterocycles. The van der Waals surface area contributed by atoms with Crippen LogP contribution in [0, 0.1) is 13.8 Å². The fourth-order valence-corrected chi connectivity index (χ4v) is 3.95. The molecule has 2 fully saturated rings. The summed E-state index contributed by atoms with van der Waals surface area (Å²) in [6.45, 7) is 11.3. The average molecular weight is 320 g/mol. The third-order valence-electron chi connectivity index (χ3n) is 5.14. The van der Waals surface area contributed by atoms with Crippen LogP contribution in [0.25, 0.3) is 0 Å². The van der Waals surface area contributed by atoms with Gasteiger partial charge in [-0.1, -0.05) is 6.92 Å². The zero-order valence-corrected chi connectivity index (χ0v) is 14.6. The minimum Gasteiger partial charge on any atom is -0.376 e. The van der Waals surface area contributed by atoms with E-state index >= 15 is 0 Å². The minimum absolute atomic E-state index is 0.0528. The van der Waals surface area contributed by atoms with Gasteiger partial charge in [0.25, 0.3) is 0 Å². The van der Waals surface area contributed by atoms with Crippen molar-refractivity contribution in [2.45, 2.75) is 65.3 Å². The molecule has 1 aromatic rings. The largest absolute Gasteiger partial charge is 0.376 e. The number of hydrogen-bond acceptors (Lipinski definition) is 4. The van der Waals surface area contributed by atoms with Crippen LogP contribution in [-0.2, 0) is 22.5 Å². The second kappa shape index (κ2) is 6.61. The quantitative estimate of drug-likeness (QED) is 0.900. The molecule has 6 nitrogen and oxygen atoms in total. The molecule has 0 saturated carbocycles. The van der Waals surface area contributed by atoms with Crippen LogP contribution in [0.4, 0.5) is 0 Å². The molecule has 3 heterocycles. The number of nitrogens with zero attached hydrogens (tertiary/aromatic N) is 3. The van der Waals surface area contributed by atoms with Crippen molar-refractivity contribution in [3.05, 3.63) is 17.0 Å². The van der Waals surface area contributed by atoms with E-state index in [4.69, 9.17) is 4.74 Å². The molecule has 0 bridgehead atoms. The van der Waals surface area contributed by atoms with Crippen molar-refractivity contribution in [3.8, 4) is 0 Å². The maximum Gasteiger partial charge on any atom is 0.242 e. The van der Waals surface area contributed by atoms with E-state index in [1.54, 1.807) is 0 Å². The van der Waals surface area contributed by atoms with E-state index in [2.05, 4.69) is 29.2 Å². The zero-order valence-electron chi connectivity index (χ0n) is 14.6. The molecular weight excluding hydrogens is 292 g/mol. The summed E-state index contributed by atoms with van der Waals surface area (Å²) in [6, 6.07) is 0.681. The van der Waals surface area contributed by atoms with Crippen LogP contribution in [-0.4, -0.2) is 58.5 Å². The summed E-state index contributed by atoms with van der Waals surface area (Å²) in [4.78, 5) is 14.8. The number of carbonyl (C=O) groups is 1. The Labute approximate surface area is 138 Å². The summed E-state index contributed by atoms with van der Waals surface area (Å²) >= 11 is 0. The van der Waals surface area contributed by atoms with Gasteiger partial charge in [-0.15, -0.1) is 0 Å². The summed E-state index contributed by atoms with van der Waals surface area (Å²) < 4.78 is 7.55. The van der Waals surface area contributed by atoms with E-state index in [-0.39, 0.29) is 11.9 Å². The number of nitrogens with one attached hydrogen (secondary N) is 1. The fourth-order valence-electron chi connectivity index (χ4n) is 3.95. The molecule has 0 aromatic carbocycles. The molecule has 3 rings (SSSR count). The van der Waals surface area contributed by atoms with Gasteiger partial charge in [0.15, 0.2) is 0 Å². The van der Waals surface area contributed by atoms with Crippen molar-refractivity contribution in [2.24, 2.45) is 0 Å². The first-order valence-electron chi connectivity index (χ1n) is 8.65. The van der Waals surface area contributed by atoms with E-state index in [0.29, 0.717) is 18.7 Å². The smallest absolute Gasteiger partial charge is 0.242 e. The van der Waals surface area contributed by atoms with Crippen LogP contribution in [0.1, 0.15) is 37.2 Å². The van der Waals surface area contributed by atoms with Gasteiger partial charge in [-0.2, -0.15) is 5.10 Å². The SMILES string of the molecule is CCc1c(C)nn(CC(=O)N[C@H]2C[C@H]3CO[C@@H](C)CN3C2)c1C. The van der Waals surface area contributed by atoms with Crippen LogP contribution in [0.5, 0.6) is 0 Å². The molecule has 23 heavy (non-hydrogen) atoms. The number of amides is 1. The summed E-state index contributed by atoms with van der Waals surface area (Å²) in [6.07, 6.45) is 2.23. The van der Waals surface area contributed by atoms with Gasteiger partial charge >= 0.3 is 0 Å². The Balaban J connectivity index is 1.56. The lowest BCUT2D eigenvalue weighted by molar-refractivity contribution is -0.122. The number of ether oxygens (including phenoxy) is 1. The Hall–Kier alpha value is -1.40. The molecule has 0 radical (unpaired) electrons. The van der Waals surface area contributed by atoms with Crippen molar-refractivity contribution in [1.82, 2.24) is 20.0 Å². The summed E-state index contributed by atoms with van der Waals surface area (Å²) in [5.74, 6) is 0.0528. The lowest BCUT2D eigenvalue weighted by Gasteiger charge is -2.33. The number of hydrogen-bond donors (Lipinski definition) is 1. The zero-order chi connectivity index (χ0) is 16.6. The summed E-state index contributed by atoms with van der Waals surface area (Å²) in [5.41, 5.74) is 3.38. The van der Waals surface area contributed by atoms with Crippen LogP contribution in [0.2, 0.25) is 0 Å². The molecule has 1 amide bonds. The molecule has 2 aliphatic heterocycles. The molecule has 0 spiro atoms. The van der Waals surface area contributed by atoms with E-state index in [0.717, 1.165) is 43.9 Å². The third-order valence-corrected chi connectivity index (χ3v) is 5.14. The van der Waals surface area contributed by atoms with Gasteiger partial charge < -0.3 is 10.1 Å². The van der Waals surface area contributed by atoms with Gasteiger partial charge in [0, 0.05) is 30.9 Å². The van der Waals surface area contributed by atoms with Crippen molar-refractivity contribution >= 4 is 5.91 Å². The highest BCUT2D eigenvalue weighted by molar-refractivity contribution is 5.76. The predicted octanol–water partition coefficient (Wildman–Crippen LogP) is 1.04. The van der Waals surface area contributed by atoms with Gasteiger partial charge in [-0.3, -0.25) is 14.4 Å².